The first-order chi connectivity index (χ1) is 11.0. The van der Waals surface area contributed by atoms with Gasteiger partial charge in [0.15, 0.2) is 0 Å². The van der Waals surface area contributed by atoms with Crippen LogP contribution in [0.1, 0.15) is 18.1 Å². The number of piperazine rings is 1. The van der Waals surface area contributed by atoms with Crippen LogP contribution in [0, 0.1) is 6.92 Å². The highest BCUT2D eigenvalue weighted by Gasteiger charge is 2.22. The number of aliphatic hydroxyl groups is 1. The van der Waals surface area contributed by atoms with Gasteiger partial charge in [-0.05, 0) is 31.0 Å². The van der Waals surface area contributed by atoms with E-state index in [0.29, 0.717) is 13.0 Å². The van der Waals surface area contributed by atoms with E-state index in [1.54, 1.807) is 6.92 Å². The summed E-state index contributed by atoms with van der Waals surface area (Å²) in [5.74, 6) is 0.183. The first kappa shape index (κ1) is 16.0. The zero-order valence-electron chi connectivity index (χ0n) is 13.9. The number of aryl methyl sites for hydroxylation is 1. The van der Waals surface area contributed by atoms with Crippen LogP contribution in [0.15, 0.2) is 24.4 Å². The van der Waals surface area contributed by atoms with Crippen molar-refractivity contribution in [2.45, 2.75) is 26.4 Å². The van der Waals surface area contributed by atoms with Crippen LogP contribution in [0.4, 0.5) is 0 Å². The van der Waals surface area contributed by atoms with Crippen LogP contribution in [0.25, 0.3) is 10.9 Å². The van der Waals surface area contributed by atoms with Crippen molar-refractivity contribution in [3.8, 4) is 0 Å². The average Bonchev–Trinajstić information content (AvgIpc) is 2.89. The van der Waals surface area contributed by atoms with Crippen LogP contribution in [-0.2, 0) is 11.2 Å². The average molecular weight is 315 g/mol. The first-order valence-electron chi connectivity index (χ1n) is 8.28. The van der Waals surface area contributed by atoms with E-state index in [9.17, 15) is 9.90 Å². The van der Waals surface area contributed by atoms with E-state index in [0.717, 1.165) is 42.6 Å². The van der Waals surface area contributed by atoms with E-state index in [1.165, 1.54) is 5.56 Å². The summed E-state index contributed by atoms with van der Waals surface area (Å²) in [7, 11) is 0. The largest absolute Gasteiger partial charge is 0.392 e. The standard InChI is InChI=1S/C18H25N3O2/c1-13-3-4-16-15(11-19-17(16)9-13)10-18(23)21-7-5-20(6-8-21)12-14(2)22/h3-4,9,11,14,19,22H,5-8,10,12H2,1-2H3. The number of aromatic amines is 1. The number of hydrogen-bond acceptors (Lipinski definition) is 3. The zero-order valence-corrected chi connectivity index (χ0v) is 13.9. The number of hydrogen-bond donors (Lipinski definition) is 2. The van der Waals surface area contributed by atoms with Crippen LogP contribution in [-0.4, -0.2) is 64.6 Å². The van der Waals surface area contributed by atoms with E-state index in [2.05, 4.69) is 35.0 Å². The number of amides is 1. The molecule has 3 rings (SSSR count). The number of rotatable bonds is 4. The predicted octanol–water partition coefficient (Wildman–Crippen LogP) is 1.54. The maximum atomic E-state index is 12.5. The van der Waals surface area contributed by atoms with Crippen LogP contribution in [0.3, 0.4) is 0 Å². The molecular weight excluding hydrogens is 290 g/mol. The Morgan fingerprint density at radius 3 is 2.74 bits per heavy atom. The molecule has 1 unspecified atom stereocenters. The molecule has 1 aromatic carbocycles. The Labute approximate surface area is 136 Å². The Morgan fingerprint density at radius 1 is 1.30 bits per heavy atom. The van der Waals surface area contributed by atoms with Crippen molar-refractivity contribution in [2.24, 2.45) is 0 Å². The molecule has 1 aliphatic rings. The molecule has 0 aliphatic carbocycles. The van der Waals surface area contributed by atoms with Gasteiger partial charge in [-0.3, -0.25) is 9.69 Å². The number of carbonyl (C=O) groups excluding carboxylic acids is 1. The maximum absolute atomic E-state index is 12.5. The summed E-state index contributed by atoms with van der Waals surface area (Å²) in [6.07, 6.45) is 2.08. The lowest BCUT2D eigenvalue weighted by atomic mass is 10.1. The Bertz CT molecular complexity index is 685. The highest BCUT2D eigenvalue weighted by molar-refractivity contribution is 5.89. The number of aliphatic hydroxyl groups excluding tert-OH is 1. The fourth-order valence-corrected chi connectivity index (χ4v) is 3.27. The number of benzene rings is 1. The van der Waals surface area contributed by atoms with Gasteiger partial charge in [0.2, 0.25) is 5.91 Å². The molecular formula is C18H25N3O2. The summed E-state index contributed by atoms with van der Waals surface area (Å²) in [6, 6.07) is 6.28. The van der Waals surface area contributed by atoms with Crippen molar-refractivity contribution in [3.63, 3.8) is 0 Å². The Morgan fingerprint density at radius 2 is 2.04 bits per heavy atom. The topological polar surface area (TPSA) is 59.6 Å². The molecule has 124 valence electrons. The molecule has 1 saturated heterocycles. The molecule has 2 N–H and O–H groups in total. The number of carbonyl (C=O) groups is 1. The monoisotopic (exact) mass is 315 g/mol. The van der Waals surface area contributed by atoms with Crippen molar-refractivity contribution < 1.29 is 9.90 Å². The molecule has 1 atom stereocenters. The van der Waals surface area contributed by atoms with E-state index in [-0.39, 0.29) is 12.0 Å². The molecule has 2 heterocycles. The number of β-amino-alcohol motifs (C(OH)–C–C–N with tert-alkyl or cyclic N) is 1. The SMILES string of the molecule is Cc1ccc2c(CC(=O)N3CCN(CC(C)O)CC3)c[nH]c2c1. The Balaban J connectivity index is 1.61. The van der Waals surface area contributed by atoms with Gasteiger partial charge in [-0.1, -0.05) is 12.1 Å². The van der Waals surface area contributed by atoms with Gasteiger partial charge in [0.1, 0.15) is 0 Å². The van der Waals surface area contributed by atoms with Crippen molar-refractivity contribution in [1.82, 2.24) is 14.8 Å². The smallest absolute Gasteiger partial charge is 0.227 e. The summed E-state index contributed by atoms with van der Waals surface area (Å²) in [6.45, 7) is 7.71. The van der Waals surface area contributed by atoms with Gasteiger partial charge in [-0.15, -0.1) is 0 Å². The van der Waals surface area contributed by atoms with E-state index < -0.39 is 0 Å². The summed E-state index contributed by atoms with van der Waals surface area (Å²) in [4.78, 5) is 20.0. The van der Waals surface area contributed by atoms with Crippen LogP contribution in [0.5, 0.6) is 0 Å². The van der Waals surface area contributed by atoms with Crippen molar-refractivity contribution in [2.75, 3.05) is 32.7 Å². The molecule has 23 heavy (non-hydrogen) atoms. The minimum absolute atomic E-state index is 0.183. The zero-order chi connectivity index (χ0) is 16.4. The number of nitrogens with one attached hydrogen (secondary N) is 1. The number of nitrogens with zero attached hydrogens (tertiary/aromatic N) is 2. The lowest BCUT2D eigenvalue weighted by Crippen LogP contribution is -2.50. The Hall–Kier alpha value is -1.85. The van der Waals surface area contributed by atoms with Gasteiger partial charge >= 0.3 is 0 Å². The van der Waals surface area contributed by atoms with Crippen molar-refractivity contribution in [1.29, 1.82) is 0 Å². The number of H-pyrrole nitrogens is 1. The summed E-state index contributed by atoms with van der Waals surface area (Å²) >= 11 is 0. The number of fused-ring (bicyclic) bond motifs is 1. The minimum atomic E-state index is -0.313. The molecule has 0 saturated carbocycles. The second-order valence-corrected chi connectivity index (χ2v) is 6.57. The number of aromatic nitrogens is 1. The molecule has 1 aliphatic heterocycles. The molecule has 0 spiro atoms. The summed E-state index contributed by atoms with van der Waals surface area (Å²) in [5, 5.41) is 10.6. The van der Waals surface area contributed by atoms with E-state index in [4.69, 9.17) is 0 Å². The van der Waals surface area contributed by atoms with Gasteiger partial charge in [0.05, 0.1) is 12.5 Å². The summed E-state index contributed by atoms with van der Waals surface area (Å²) in [5.41, 5.74) is 3.37. The second kappa shape index (κ2) is 6.72. The van der Waals surface area contributed by atoms with Crippen molar-refractivity contribution in [3.05, 3.63) is 35.5 Å². The highest BCUT2D eigenvalue weighted by Crippen LogP contribution is 2.20. The van der Waals surface area contributed by atoms with Gasteiger partial charge in [-0.25, -0.2) is 0 Å². The normalized spacial score (nSPS) is 17.6. The van der Waals surface area contributed by atoms with Crippen LogP contribution >= 0.6 is 0 Å². The van der Waals surface area contributed by atoms with E-state index in [1.807, 2.05) is 11.1 Å². The summed E-state index contributed by atoms with van der Waals surface area (Å²) < 4.78 is 0. The van der Waals surface area contributed by atoms with Gasteiger partial charge in [0, 0.05) is 49.8 Å². The molecule has 1 amide bonds. The van der Waals surface area contributed by atoms with Gasteiger partial charge < -0.3 is 15.0 Å². The van der Waals surface area contributed by atoms with E-state index >= 15 is 0 Å². The fourth-order valence-electron chi connectivity index (χ4n) is 3.27. The van der Waals surface area contributed by atoms with Gasteiger partial charge in [-0.2, -0.15) is 0 Å². The third-order valence-electron chi connectivity index (χ3n) is 4.51. The lowest BCUT2D eigenvalue weighted by molar-refractivity contribution is -0.132. The second-order valence-electron chi connectivity index (χ2n) is 6.57. The fraction of sp³-hybridized carbons (Fsp3) is 0.500. The quantitative estimate of drug-likeness (QED) is 0.900. The molecule has 5 nitrogen and oxygen atoms in total. The van der Waals surface area contributed by atoms with Gasteiger partial charge in [0.25, 0.3) is 0 Å². The van der Waals surface area contributed by atoms with Crippen LogP contribution in [0.2, 0.25) is 0 Å². The maximum Gasteiger partial charge on any atom is 0.227 e. The first-order valence-corrected chi connectivity index (χ1v) is 8.28. The molecule has 5 heteroatoms. The lowest BCUT2D eigenvalue weighted by Gasteiger charge is -2.35. The third kappa shape index (κ3) is 3.74. The molecule has 1 aromatic heterocycles. The predicted molar refractivity (Wildman–Crippen MR) is 91.4 cm³/mol. The molecule has 0 bridgehead atoms. The third-order valence-corrected chi connectivity index (χ3v) is 4.51. The molecule has 0 radical (unpaired) electrons. The highest BCUT2D eigenvalue weighted by atomic mass is 16.3. The van der Waals surface area contributed by atoms with Crippen LogP contribution < -0.4 is 0 Å². The minimum Gasteiger partial charge on any atom is -0.392 e. The molecule has 1 fully saturated rings. The Kier molecular flexibility index (Phi) is 4.68. The van der Waals surface area contributed by atoms with Crippen molar-refractivity contribution >= 4 is 16.8 Å². The molecule has 2 aromatic rings.